The smallest absolute Gasteiger partial charge is 0.315 e. The van der Waals surface area contributed by atoms with Gasteiger partial charge in [0.25, 0.3) is 0 Å². The quantitative estimate of drug-likeness (QED) is 0.741. The molecule has 1 aliphatic rings. The summed E-state index contributed by atoms with van der Waals surface area (Å²) in [4.78, 5) is 11.5. The minimum atomic E-state index is -0.505. The van der Waals surface area contributed by atoms with Gasteiger partial charge < -0.3 is 15.7 Å². The van der Waals surface area contributed by atoms with Crippen molar-refractivity contribution in [3.63, 3.8) is 0 Å². The van der Waals surface area contributed by atoms with E-state index in [-0.39, 0.29) is 24.5 Å². The predicted octanol–water partition coefficient (Wildman–Crippen LogP) is 1.32. The number of hydrogen-bond acceptors (Lipinski definition) is 2. The summed E-state index contributed by atoms with van der Waals surface area (Å²) in [5, 5.41) is 14.6. The van der Waals surface area contributed by atoms with Gasteiger partial charge in [-0.3, -0.25) is 0 Å². The second-order valence-corrected chi connectivity index (χ2v) is 4.18. The molecule has 1 unspecified atom stereocenters. The normalized spacial score (nSPS) is 16.4. The van der Waals surface area contributed by atoms with Crippen molar-refractivity contribution in [3.05, 3.63) is 35.6 Å². The van der Waals surface area contributed by atoms with Gasteiger partial charge in [0, 0.05) is 6.04 Å². The molecular formula is C12H15FN2O2. The Labute approximate surface area is 98.8 Å². The number of halogens is 1. The van der Waals surface area contributed by atoms with Crippen LogP contribution in [0.3, 0.4) is 0 Å². The zero-order chi connectivity index (χ0) is 12.3. The van der Waals surface area contributed by atoms with Crippen molar-refractivity contribution in [1.29, 1.82) is 0 Å². The van der Waals surface area contributed by atoms with E-state index in [1.54, 1.807) is 12.1 Å². The van der Waals surface area contributed by atoms with Crippen LogP contribution in [0.2, 0.25) is 0 Å². The number of urea groups is 1. The van der Waals surface area contributed by atoms with Crippen LogP contribution in [0.15, 0.2) is 24.3 Å². The fourth-order valence-electron chi connectivity index (χ4n) is 1.54. The van der Waals surface area contributed by atoms with E-state index in [2.05, 4.69) is 10.6 Å². The van der Waals surface area contributed by atoms with Crippen LogP contribution < -0.4 is 10.6 Å². The lowest BCUT2D eigenvalue weighted by atomic mass is 10.1. The molecule has 1 saturated carbocycles. The maximum atomic E-state index is 12.7. The Kier molecular flexibility index (Phi) is 3.58. The van der Waals surface area contributed by atoms with Crippen LogP contribution in [0.5, 0.6) is 0 Å². The molecule has 1 aromatic rings. The molecule has 4 nitrogen and oxygen atoms in total. The SMILES string of the molecule is O=C(NC1CC1)NC(CO)c1ccc(F)cc1. The van der Waals surface area contributed by atoms with Crippen molar-refractivity contribution in [2.45, 2.75) is 24.9 Å². The Bertz CT molecular complexity index is 390. The average molecular weight is 238 g/mol. The first-order chi connectivity index (χ1) is 8.19. The van der Waals surface area contributed by atoms with E-state index < -0.39 is 6.04 Å². The molecule has 3 N–H and O–H groups in total. The van der Waals surface area contributed by atoms with Gasteiger partial charge >= 0.3 is 6.03 Å². The lowest BCUT2D eigenvalue weighted by molar-refractivity contribution is 0.216. The molecule has 1 atom stereocenters. The van der Waals surface area contributed by atoms with Crippen molar-refractivity contribution in [1.82, 2.24) is 10.6 Å². The first-order valence-electron chi connectivity index (χ1n) is 5.62. The number of aliphatic hydroxyl groups is 1. The van der Waals surface area contributed by atoms with Crippen LogP contribution in [0.4, 0.5) is 9.18 Å². The molecular weight excluding hydrogens is 223 g/mol. The molecule has 92 valence electrons. The van der Waals surface area contributed by atoms with Crippen LogP contribution in [-0.4, -0.2) is 23.8 Å². The number of aliphatic hydroxyl groups excluding tert-OH is 1. The van der Waals surface area contributed by atoms with Gasteiger partial charge in [0.2, 0.25) is 0 Å². The molecule has 0 spiro atoms. The number of hydrogen-bond donors (Lipinski definition) is 3. The van der Waals surface area contributed by atoms with Crippen LogP contribution in [0.1, 0.15) is 24.4 Å². The fraction of sp³-hybridized carbons (Fsp3) is 0.417. The summed E-state index contributed by atoms with van der Waals surface area (Å²) in [6.07, 6.45) is 2.02. The van der Waals surface area contributed by atoms with Crippen molar-refractivity contribution >= 4 is 6.03 Å². The number of nitrogens with one attached hydrogen (secondary N) is 2. The lowest BCUT2D eigenvalue weighted by Gasteiger charge is -2.17. The molecule has 0 aromatic heterocycles. The number of amides is 2. The van der Waals surface area contributed by atoms with Gasteiger partial charge in [0.05, 0.1) is 12.6 Å². The maximum Gasteiger partial charge on any atom is 0.315 e. The van der Waals surface area contributed by atoms with Gasteiger partial charge in [-0.1, -0.05) is 12.1 Å². The third-order valence-corrected chi connectivity index (χ3v) is 2.67. The highest BCUT2D eigenvalue weighted by Gasteiger charge is 2.24. The highest BCUT2D eigenvalue weighted by atomic mass is 19.1. The molecule has 1 aromatic carbocycles. The van der Waals surface area contributed by atoms with Gasteiger partial charge in [-0.05, 0) is 30.5 Å². The Morgan fingerprint density at radius 3 is 2.59 bits per heavy atom. The number of rotatable bonds is 4. The molecule has 0 aliphatic heterocycles. The highest BCUT2D eigenvalue weighted by Crippen LogP contribution is 2.19. The van der Waals surface area contributed by atoms with Crippen LogP contribution in [0, 0.1) is 5.82 Å². The first kappa shape index (κ1) is 11.9. The summed E-state index contributed by atoms with van der Waals surface area (Å²) in [6.45, 7) is -0.219. The molecule has 0 saturated heterocycles. The van der Waals surface area contributed by atoms with Crippen molar-refractivity contribution in [3.8, 4) is 0 Å². The molecule has 1 fully saturated rings. The van der Waals surface area contributed by atoms with Crippen molar-refractivity contribution < 1.29 is 14.3 Å². The summed E-state index contributed by atoms with van der Waals surface area (Å²) in [5.74, 6) is -0.340. The van der Waals surface area contributed by atoms with E-state index in [1.165, 1.54) is 12.1 Å². The third kappa shape index (κ3) is 3.42. The predicted molar refractivity (Wildman–Crippen MR) is 60.9 cm³/mol. The molecule has 1 aliphatic carbocycles. The summed E-state index contributed by atoms with van der Waals surface area (Å²) < 4.78 is 12.7. The highest BCUT2D eigenvalue weighted by molar-refractivity contribution is 5.75. The standard InChI is InChI=1S/C12H15FN2O2/c13-9-3-1-8(2-4-9)11(7-16)15-12(17)14-10-5-6-10/h1-4,10-11,16H,5-7H2,(H2,14,15,17). The average Bonchev–Trinajstić information content (AvgIpc) is 3.11. The number of carbonyl (C=O) groups is 1. The second-order valence-electron chi connectivity index (χ2n) is 4.18. The molecule has 2 rings (SSSR count). The van der Waals surface area contributed by atoms with Crippen LogP contribution in [-0.2, 0) is 0 Å². The summed E-state index contributed by atoms with van der Waals surface area (Å²) in [7, 11) is 0. The third-order valence-electron chi connectivity index (χ3n) is 2.67. The van der Waals surface area contributed by atoms with Crippen LogP contribution in [0.25, 0.3) is 0 Å². The lowest BCUT2D eigenvalue weighted by Crippen LogP contribution is -2.40. The van der Waals surface area contributed by atoms with E-state index in [0.29, 0.717) is 5.56 Å². The zero-order valence-electron chi connectivity index (χ0n) is 9.32. The molecule has 0 radical (unpaired) electrons. The van der Waals surface area contributed by atoms with Gasteiger partial charge in [-0.15, -0.1) is 0 Å². The van der Waals surface area contributed by atoms with E-state index in [9.17, 15) is 14.3 Å². The minimum Gasteiger partial charge on any atom is -0.394 e. The van der Waals surface area contributed by atoms with Gasteiger partial charge in [0.1, 0.15) is 5.82 Å². The van der Waals surface area contributed by atoms with Gasteiger partial charge in [-0.25, -0.2) is 9.18 Å². The van der Waals surface area contributed by atoms with Gasteiger partial charge in [-0.2, -0.15) is 0 Å². The largest absolute Gasteiger partial charge is 0.394 e. The van der Waals surface area contributed by atoms with Crippen molar-refractivity contribution in [2.24, 2.45) is 0 Å². The second kappa shape index (κ2) is 5.14. The first-order valence-corrected chi connectivity index (χ1v) is 5.62. The zero-order valence-corrected chi connectivity index (χ0v) is 9.32. The van der Waals surface area contributed by atoms with Crippen molar-refractivity contribution in [2.75, 3.05) is 6.61 Å². The summed E-state index contributed by atoms with van der Waals surface area (Å²) in [6, 6.07) is 5.17. The van der Waals surface area contributed by atoms with E-state index in [0.717, 1.165) is 12.8 Å². The summed E-state index contributed by atoms with van der Waals surface area (Å²) >= 11 is 0. The molecule has 5 heteroatoms. The molecule has 2 amide bonds. The molecule has 0 bridgehead atoms. The Hall–Kier alpha value is -1.62. The topological polar surface area (TPSA) is 61.4 Å². The monoisotopic (exact) mass is 238 g/mol. The summed E-state index contributed by atoms with van der Waals surface area (Å²) in [5.41, 5.74) is 0.680. The Morgan fingerprint density at radius 1 is 1.41 bits per heavy atom. The maximum absolute atomic E-state index is 12.7. The molecule has 17 heavy (non-hydrogen) atoms. The van der Waals surface area contributed by atoms with E-state index in [1.807, 2.05) is 0 Å². The van der Waals surface area contributed by atoms with Crippen LogP contribution >= 0.6 is 0 Å². The Balaban J connectivity index is 1.94. The fourth-order valence-corrected chi connectivity index (χ4v) is 1.54. The van der Waals surface area contributed by atoms with E-state index in [4.69, 9.17) is 0 Å². The Morgan fingerprint density at radius 2 is 2.06 bits per heavy atom. The minimum absolute atomic E-state index is 0.219. The van der Waals surface area contributed by atoms with Gasteiger partial charge in [0.15, 0.2) is 0 Å². The van der Waals surface area contributed by atoms with E-state index >= 15 is 0 Å². The number of benzene rings is 1. The number of carbonyl (C=O) groups excluding carboxylic acids is 1. The molecule has 0 heterocycles.